The van der Waals surface area contributed by atoms with Crippen molar-refractivity contribution in [1.82, 2.24) is 0 Å². The zero-order valence-corrected chi connectivity index (χ0v) is 12.2. The van der Waals surface area contributed by atoms with Crippen molar-refractivity contribution in [3.05, 3.63) is 0 Å². The smallest absolute Gasteiger partial charge is 0.303 e. The maximum absolute atomic E-state index is 8.88. The zero-order chi connectivity index (χ0) is 18.0. The van der Waals surface area contributed by atoms with Crippen molar-refractivity contribution < 1.29 is 75.3 Å². The molecule has 11 N–H and O–H groups in total. The number of rotatable bonds is 0. The van der Waals surface area contributed by atoms with Crippen molar-refractivity contribution in [1.29, 1.82) is 0 Å². The molecule has 0 fully saturated rings. The fourth-order valence-electron chi connectivity index (χ4n) is 0. The normalized spacial score (nSPS) is 11.8. The lowest BCUT2D eigenvalue weighted by molar-refractivity contribution is 0.272. The van der Waals surface area contributed by atoms with Crippen molar-refractivity contribution >= 4 is 33.9 Å². The van der Waals surface area contributed by atoms with Gasteiger partial charge >= 0.3 is 33.9 Å². The predicted octanol–water partition coefficient (Wildman–Crippen LogP) is -3.44. The Morgan fingerprint density at radius 2 is 0.500 bits per heavy atom. The van der Waals surface area contributed by atoms with Crippen LogP contribution in [0.1, 0.15) is 0 Å². The highest BCUT2D eigenvalue weighted by Crippen LogP contribution is 2.26. The van der Waals surface area contributed by atoms with Crippen molar-refractivity contribution in [2.75, 3.05) is 0 Å². The van der Waals surface area contributed by atoms with E-state index >= 15 is 0 Å². The topological polar surface area (TPSA) is 308 Å². The van der Waals surface area contributed by atoms with E-state index in [1.807, 2.05) is 0 Å². The Bertz CT molecular complexity index is 370. The van der Waals surface area contributed by atoms with Gasteiger partial charge in [0.15, 0.2) is 0 Å². The second-order valence-electron chi connectivity index (χ2n) is 1.99. The van der Waals surface area contributed by atoms with Gasteiger partial charge in [0.05, 0.1) is 0 Å². The molecule has 0 saturated carbocycles. The maximum Gasteiger partial charge on any atom is 0.466 e. The van der Waals surface area contributed by atoms with Crippen LogP contribution in [0.3, 0.4) is 0 Å². The molecule has 0 rings (SSSR count). The molecule has 128 valence electrons. The van der Waals surface area contributed by atoms with Gasteiger partial charge in [0.25, 0.3) is 0 Å². The van der Waals surface area contributed by atoms with Crippen LogP contribution in [0.2, 0.25) is 0 Å². The monoisotopic (exact) mass is 392 g/mol. The van der Waals surface area contributed by atoms with Crippen molar-refractivity contribution in [2.45, 2.75) is 0 Å². The van der Waals surface area contributed by atoms with E-state index in [1.165, 1.54) is 0 Å². The van der Waals surface area contributed by atoms with Crippen LogP contribution < -0.4 is 0 Å². The summed E-state index contributed by atoms with van der Waals surface area (Å²) >= 11 is 0. The molecule has 0 aromatic carbocycles. The lowest BCUT2D eigenvalue weighted by atomic mass is 15.8. The number of phosphoric acid groups is 3. The Kier molecular flexibility index (Phi) is 15.4. The first-order valence-corrected chi connectivity index (χ1v) is 9.14. The molecule has 0 saturated heterocycles. The largest absolute Gasteiger partial charge is 0.466 e. The predicted molar refractivity (Wildman–Crippen MR) is 57.0 cm³/mol. The van der Waals surface area contributed by atoms with Crippen LogP contribution in [-0.4, -0.2) is 61.6 Å². The molecule has 0 aromatic heterocycles. The van der Waals surface area contributed by atoms with E-state index in [0.717, 1.165) is 0 Å². The summed E-state index contributed by atoms with van der Waals surface area (Å²) in [5.41, 5.74) is 0. The summed E-state index contributed by atoms with van der Waals surface area (Å²) < 4.78 is 58.2. The third-order valence-corrected chi connectivity index (χ3v) is 0. The first kappa shape index (κ1) is 28.4. The number of hydrogen-bond donors (Lipinski definition) is 11. The molecular formula is H11O16P3S. The first-order valence-electron chi connectivity index (χ1n) is 3.05. The van der Waals surface area contributed by atoms with Crippen LogP contribution >= 0.6 is 23.5 Å². The van der Waals surface area contributed by atoms with E-state index in [4.69, 9.17) is 75.3 Å². The molecule has 16 nitrogen and oxygen atoms in total. The van der Waals surface area contributed by atoms with Gasteiger partial charge in [-0.05, 0) is 0 Å². The summed E-state index contributed by atoms with van der Waals surface area (Å²) in [6.07, 6.45) is 0. The lowest BCUT2D eigenvalue weighted by Gasteiger charge is -1.82. The van der Waals surface area contributed by atoms with Crippen molar-refractivity contribution in [2.24, 2.45) is 0 Å². The fraction of sp³-hybridized carbons (Fsp3) is 0. The average molecular weight is 392 g/mol. The highest BCUT2D eigenvalue weighted by Gasteiger charge is 2.01. The minimum absolute atomic E-state index is 4.64. The van der Waals surface area contributed by atoms with E-state index in [0.29, 0.717) is 0 Å². The summed E-state index contributed by atoms with van der Waals surface area (Å²) in [6.45, 7) is 0. The van der Waals surface area contributed by atoms with Gasteiger partial charge < -0.3 is 44.0 Å². The minimum Gasteiger partial charge on any atom is -0.303 e. The van der Waals surface area contributed by atoms with Crippen LogP contribution in [0.25, 0.3) is 0 Å². The summed E-state index contributed by atoms with van der Waals surface area (Å²) in [5, 5.41) is 0. The molecule has 0 bridgehead atoms. The third kappa shape index (κ3) is 135000. The first-order chi connectivity index (χ1) is 8.00. The molecule has 0 unspecified atom stereocenters. The average Bonchev–Trinajstić information content (AvgIpc) is 1.62. The van der Waals surface area contributed by atoms with Gasteiger partial charge in [-0.15, -0.1) is 0 Å². The molecule has 0 aliphatic rings. The quantitative estimate of drug-likeness (QED) is 0.141. The molecule has 0 aliphatic carbocycles. The third-order valence-electron chi connectivity index (χ3n) is 0. The molecule has 0 heterocycles. The van der Waals surface area contributed by atoms with E-state index in [1.54, 1.807) is 0 Å². The second-order valence-corrected chi connectivity index (χ2v) is 5.96. The Hall–Kier alpha value is 0.200. The minimum atomic E-state index is -4.67. The highest BCUT2D eigenvalue weighted by atomic mass is 32.3. The van der Waals surface area contributed by atoms with Gasteiger partial charge in [0.1, 0.15) is 0 Å². The molecule has 20 heteroatoms. The molecule has 20 heavy (non-hydrogen) atoms. The van der Waals surface area contributed by atoms with Crippen molar-refractivity contribution in [3.8, 4) is 0 Å². The Labute approximate surface area is 110 Å². The summed E-state index contributed by atoms with van der Waals surface area (Å²) in [5.74, 6) is 0. The van der Waals surface area contributed by atoms with Crippen LogP contribution in [0, 0.1) is 0 Å². The molecule has 0 aliphatic heterocycles. The van der Waals surface area contributed by atoms with Crippen LogP contribution in [0.4, 0.5) is 0 Å². The zero-order valence-electron chi connectivity index (χ0n) is 8.71. The van der Waals surface area contributed by atoms with Crippen LogP contribution in [-0.2, 0) is 24.1 Å². The second kappa shape index (κ2) is 10.9. The van der Waals surface area contributed by atoms with E-state index < -0.39 is 33.9 Å². The molecule has 0 radical (unpaired) electrons. The van der Waals surface area contributed by atoms with Gasteiger partial charge in [0, 0.05) is 0 Å². The van der Waals surface area contributed by atoms with Gasteiger partial charge in [-0.25, -0.2) is 13.7 Å². The van der Waals surface area contributed by atoms with E-state index in [2.05, 4.69) is 0 Å². The summed E-state index contributed by atoms with van der Waals surface area (Å²) in [6, 6.07) is 0. The van der Waals surface area contributed by atoms with Crippen LogP contribution in [0.5, 0.6) is 0 Å². The van der Waals surface area contributed by atoms with E-state index in [9.17, 15) is 0 Å². The highest BCUT2D eigenvalue weighted by molar-refractivity contribution is 7.79. The number of hydrogen-bond acceptors (Lipinski definition) is 5. The van der Waals surface area contributed by atoms with Crippen LogP contribution in [0.15, 0.2) is 0 Å². The standard InChI is InChI=1S/3H3O4P.H2O4S/c4*1-5(2,3)4/h3*(H3,1,2,3,4);(H2,1,2,3,4). The summed E-state index contributed by atoms with van der Waals surface area (Å²) in [7, 11) is -18.6. The Morgan fingerprint density at radius 1 is 0.500 bits per heavy atom. The molecule has 0 amide bonds. The Balaban J connectivity index is -0.0000000853. The maximum atomic E-state index is 8.88. The molecular weight excluding hydrogens is 381 g/mol. The summed E-state index contributed by atoms with van der Waals surface area (Å²) in [4.78, 5) is 64.7. The SMILES string of the molecule is O=P(O)(O)O.O=P(O)(O)O.O=P(O)(O)O.O=S(=O)(O)O. The van der Waals surface area contributed by atoms with E-state index in [-0.39, 0.29) is 0 Å². The molecule has 0 aromatic rings. The molecule has 0 spiro atoms. The van der Waals surface area contributed by atoms with Gasteiger partial charge in [0.2, 0.25) is 0 Å². The van der Waals surface area contributed by atoms with Gasteiger partial charge in [-0.2, -0.15) is 8.42 Å². The van der Waals surface area contributed by atoms with Gasteiger partial charge in [-0.3, -0.25) is 9.11 Å². The lowest BCUT2D eigenvalue weighted by Crippen LogP contribution is -1.89. The fourth-order valence-corrected chi connectivity index (χ4v) is 0. The Morgan fingerprint density at radius 3 is 0.500 bits per heavy atom. The molecule has 0 atom stereocenters. The van der Waals surface area contributed by atoms with Crippen molar-refractivity contribution in [3.63, 3.8) is 0 Å². The van der Waals surface area contributed by atoms with Gasteiger partial charge in [-0.1, -0.05) is 0 Å².